The van der Waals surface area contributed by atoms with Gasteiger partial charge in [0.15, 0.2) is 11.6 Å². The number of allylic oxidation sites excluding steroid dienone is 6. The first-order valence-corrected chi connectivity index (χ1v) is 35.6. The minimum Gasteiger partial charge on any atom is -0.289 e. The average molecular weight is 1350 g/mol. The van der Waals surface area contributed by atoms with E-state index in [1.165, 1.54) is 45.3 Å². The number of hydrogen-bond donors (Lipinski definition) is 0. The lowest BCUT2D eigenvalue weighted by Crippen LogP contribution is -2.32. The molecule has 0 unspecified atom stereocenters. The van der Waals surface area contributed by atoms with E-state index in [0.717, 1.165) is 104 Å². The van der Waals surface area contributed by atoms with Crippen molar-refractivity contribution < 1.29 is 18.4 Å². The van der Waals surface area contributed by atoms with Crippen molar-refractivity contribution >= 4 is 122 Å². The lowest BCUT2D eigenvalue weighted by atomic mass is 9.65. The number of hydrogen-bond acceptors (Lipinski definition) is 12. The molecule has 17 rings (SSSR count). The summed E-state index contributed by atoms with van der Waals surface area (Å²) in [6.07, 6.45) is 3.54. The van der Waals surface area contributed by atoms with Gasteiger partial charge < -0.3 is 0 Å². The van der Waals surface area contributed by atoms with E-state index >= 15 is 8.78 Å². The fourth-order valence-corrected chi connectivity index (χ4v) is 22.6. The van der Waals surface area contributed by atoms with Crippen LogP contribution in [-0.4, -0.2) is 11.6 Å². The number of ketones is 2. The number of aryl methyl sites for hydroxylation is 4. The summed E-state index contributed by atoms with van der Waals surface area (Å²) in [6, 6.07) is 67.4. The van der Waals surface area contributed by atoms with E-state index in [1.807, 2.05) is 76.2 Å². The standard InChI is InChI=1S/C82H44F2N4O2S6/c1-41-13-21-47(22-14-41)81(48-23-15-42(2)16-24-48)69-67(79-71(81)77-63(95-79)35-61(93-77)59-31-29-51(91-59)33-57-65(45(37-85)38-86)53-9-5-7-11-55(53)75(57)89)74(84)70-68(73(69)83)80-72(82(70,49-25-17-43(3)18-26-49)50-27-19-44(4)20-28-50)78-64(96-80)36-62(94-78)60-32-30-52(92-60)34-58-66(46(39-87)40-88)54-10-6-8-12-56(54)76(58)90/h5-36H,1-4H3/b57-33-,58-34-. The molecule has 7 aromatic carbocycles. The largest absolute Gasteiger partial charge is 0.289 e. The predicted octanol–water partition coefficient (Wildman–Crippen LogP) is 22.1. The predicted molar refractivity (Wildman–Crippen MR) is 387 cm³/mol. The van der Waals surface area contributed by atoms with E-state index in [-0.39, 0.29) is 56.1 Å². The van der Waals surface area contributed by atoms with Crippen LogP contribution in [0.4, 0.5) is 8.78 Å². The molecule has 13 aromatic rings. The Morgan fingerprint density at radius 2 is 0.708 bits per heavy atom. The van der Waals surface area contributed by atoms with E-state index in [9.17, 15) is 30.6 Å². The molecule has 0 aliphatic heterocycles. The van der Waals surface area contributed by atoms with Crippen LogP contribution in [0.3, 0.4) is 0 Å². The normalized spacial score (nSPS) is 15.1. The van der Waals surface area contributed by atoms with Crippen LogP contribution in [0.5, 0.6) is 0 Å². The molecule has 4 aliphatic carbocycles. The van der Waals surface area contributed by atoms with Crippen LogP contribution in [-0.2, 0) is 10.8 Å². The van der Waals surface area contributed by atoms with E-state index in [0.29, 0.717) is 43.2 Å². The number of Topliss-reactive ketones (excluding diaryl/α,β-unsaturated/α-hetero) is 2. The summed E-state index contributed by atoms with van der Waals surface area (Å²) in [5, 5.41) is 40.3. The maximum absolute atomic E-state index is 20.5. The van der Waals surface area contributed by atoms with Crippen molar-refractivity contribution in [2.75, 3.05) is 0 Å². The van der Waals surface area contributed by atoms with Gasteiger partial charge >= 0.3 is 0 Å². The zero-order chi connectivity index (χ0) is 65.8. The zero-order valence-corrected chi connectivity index (χ0v) is 56.2. The second-order valence-corrected chi connectivity index (χ2v) is 31.0. The Morgan fingerprint density at radius 3 is 1.03 bits per heavy atom. The minimum atomic E-state index is -1.38. The molecule has 0 fully saturated rings. The van der Waals surface area contributed by atoms with Crippen LogP contribution in [0, 0.1) is 84.7 Å². The maximum Gasteiger partial charge on any atom is 0.194 e. The Labute approximate surface area is 574 Å². The van der Waals surface area contributed by atoms with Gasteiger partial charge in [0.1, 0.15) is 47.1 Å². The number of halogens is 2. The Kier molecular flexibility index (Phi) is 13.5. The number of carbonyl (C=O) groups is 2. The summed E-state index contributed by atoms with van der Waals surface area (Å²) < 4.78 is 44.6. The van der Waals surface area contributed by atoms with Crippen molar-refractivity contribution in [2.24, 2.45) is 0 Å². The van der Waals surface area contributed by atoms with Crippen LogP contribution < -0.4 is 0 Å². The van der Waals surface area contributed by atoms with Gasteiger partial charge in [0.2, 0.25) is 0 Å². The minimum absolute atomic E-state index is 0.134. The van der Waals surface area contributed by atoms with Gasteiger partial charge in [0.25, 0.3) is 0 Å². The van der Waals surface area contributed by atoms with E-state index in [2.05, 4.69) is 109 Å². The Hall–Kier alpha value is -10.6. The summed E-state index contributed by atoms with van der Waals surface area (Å²) in [5.74, 6) is -1.48. The highest BCUT2D eigenvalue weighted by Gasteiger charge is 2.59. The molecule has 6 nitrogen and oxygen atoms in total. The third-order valence-corrected chi connectivity index (χ3v) is 26.5. The van der Waals surface area contributed by atoms with Crippen molar-refractivity contribution in [3.63, 3.8) is 0 Å². The summed E-state index contributed by atoms with van der Waals surface area (Å²) in [7, 11) is 0. The highest BCUT2D eigenvalue weighted by atomic mass is 32.1. The van der Waals surface area contributed by atoms with E-state index in [1.54, 1.807) is 83.4 Å². The maximum atomic E-state index is 20.5. The van der Waals surface area contributed by atoms with Gasteiger partial charge in [-0.05, 0) is 110 Å². The second kappa shape index (κ2) is 22.0. The molecular weight excluding hydrogens is 1300 g/mol. The molecule has 0 radical (unpaired) electrons. The lowest BCUT2D eigenvalue weighted by molar-refractivity contribution is 0.103. The average Bonchev–Trinajstić information content (AvgIpc) is 1.48. The topological polar surface area (TPSA) is 129 Å². The second-order valence-electron chi connectivity index (χ2n) is 24.5. The van der Waals surface area contributed by atoms with Crippen LogP contribution in [0.25, 0.3) is 82.5 Å². The zero-order valence-electron chi connectivity index (χ0n) is 51.3. The van der Waals surface area contributed by atoms with Crippen molar-refractivity contribution in [3.8, 4) is 64.7 Å². The molecule has 454 valence electrons. The Balaban J connectivity index is 0.892. The molecule has 6 heterocycles. The van der Waals surface area contributed by atoms with Crippen molar-refractivity contribution in [3.05, 3.63) is 315 Å². The molecule has 14 heteroatoms. The Morgan fingerprint density at radius 1 is 0.385 bits per heavy atom. The number of nitriles is 4. The molecule has 0 spiro atoms. The molecule has 0 amide bonds. The first-order valence-electron chi connectivity index (χ1n) is 30.7. The molecule has 96 heavy (non-hydrogen) atoms. The first kappa shape index (κ1) is 59.1. The summed E-state index contributed by atoms with van der Waals surface area (Å²) in [6.45, 7) is 8.12. The molecule has 4 aliphatic rings. The number of thiophene rings is 6. The third kappa shape index (κ3) is 8.28. The Bertz CT molecular complexity index is 5490. The molecule has 0 bridgehead atoms. The van der Waals surface area contributed by atoms with Gasteiger partial charge in [0.05, 0.1) is 20.2 Å². The molecule has 0 atom stereocenters. The van der Waals surface area contributed by atoms with Crippen LogP contribution in [0.1, 0.15) is 108 Å². The van der Waals surface area contributed by atoms with Gasteiger partial charge in [-0.2, -0.15) is 21.0 Å². The van der Waals surface area contributed by atoms with Gasteiger partial charge in [-0.15, -0.1) is 68.0 Å². The van der Waals surface area contributed by atoms with Crippen LogP contribution in [0.15, 0.2) is 204 Å². The van der Waals surface area contributed by atoms with E-state index in [4.69, 9.17) is 0 Å². The highest BCUT2D eigenvalue weighted by Crippen LogP contribution is 2.70. The van der Waals surface area contributed by atoms with Crippen molar-refractivity contribution in [1.29, 1.82) is 21.0 Å². The van der Waals surface area contributed by atoms with E-state index < -0.39 is 22.5 Å². The molecule has 6 aromatic heterocycles. The SMILES string of the molecule is Cc1ccc(C2(c3ccc(C)cc3)c3c(F)c4c(c(F)c3-c3sc5cc(-c6ccc(/C=C7\C(=O)c8ccccc8C7=C(C#N)C#N)s6)sc5c32)C(c2ccc(C)cc2)(c2ccc(C)cc2)c2c-4sc3cc(-c4ccc(/C=C5\C(=O)c6ccccc6C5=C(C#N)C#N)s4)sc23)cc1. The smallest absolute Gasteiger partial charge is 0.194 e. The number of rotatable bonds is 8. The van der Waals surface area contributed by atoms with Crippen LogP contribution in [0.2, 0.25) is 0 Å². The molecule has 0 saturated heterocycles. The molecule has 0 N–H and O–H groups in total. The third-order valence-electron chi connectivity index (χ3n) is 19.2. The van der Waals surface area contributed by atoms with Gasteiger partial charge in [-0.25, -0.2) is 8.78 Å². The quantitative estimate of drug-likeness (QED) is 0.110. The van der Waals surface area contributed by atoms with Gasteiger partial charge in [0, 0.05) is 115 Å². The van der Waals surface area contributed by atoms with Crippen molar-refractivity contribution in [1.82, 2.24) is 0 Å². The fourth-order valence-electron chi connectivity index (χ4n) is 14.9. The number of fused-ring (bicyclic) bond motifs is 12. The van der Waals surface area contributed by atoms with Gasteiger partial charge in [-0.3, -0.25) is 9.59 Å². The number of carbonyl (C=O) groups excluding carboxylic acids is 2. The fraction of sp³-hybridized carbons (Fsp3) is 0.0732. The summed E-state index contributed by atoms with van der Waals surface area (Å²) in [4.78, 5) is 34.6. The number of nitrogens with zero attached hydrogens (tertiary/aromatic N) is 4. The number of benzene rings is 7. The lowest BCUT2D eigenvalue weighted by Gasteiger charge is -2.36. The monoisotopic (exact) mass is 1350 g/mol. The highest BCUT2D eigenvalue weighted by molar-refractivity contribution is 7.33. The summed E-state index contributed by atoms with van der Waals surface area (Å²) >= 11 is 9.09. The molecule has 0 saturated carbocycles. The molecular formula is C82H44F2N4O2S6. The van der Waals surface area contributed by atoms with Gasteiger partial charge in [-0.1, -0.05) is 168 Å². The first-order chi connectivity index (χ1) is 46.7. The van der Waals surface area contributed by atoms with Crippen molar-refractivity contribution in [2.45, 2.75) is 38.5 Å². The summed E-state index contributed by atoms with van der Waals surface area (Å²) in [5.41, 5.74) is 10.1. The van der Waals surface area contributed by atoms with Crippen LogP contribution >= 0.6 is 68.0 Å².